The molecule has 0 aliphatic carbocycles. The topological polar surface area (TPSA) is 56.1 Å². The second-order valence-corrected chi connectivity index (χ2v) is 7.49. The number of hydrogen-bond donors (Lipinski definition) is 1. The first-order valence-corrected chi connectivity index (χ1v) is 8.61. The molecule has 2 rings (SSSR count). The van der Waals surface area contributed by atoms with Crippen LogP contribution in [0.4, 0.5) is 5.69 Å². The molecule has 0 unspecified atom stereocenters. The van der Waals surface area contributed by atoms with Gasteiger partial charge in [-0.3, -0.25) is 9.48 Å². The Kier molecular flexibility index (Phi) is 5.55. The third-order valence-electron chi connectivity index (χ3n) is 4.60. The first-order chi connectivity index (χ1) is 11.6. The minimum atomic E-state index is -0.0213. The molecule has 5 heteroatoms. The number of aryl methyl sites for hydroxylation is 2. The summed E-state index contributed by atoms with van der Waals surface area (Å²) in [5.74, 6) is 0.655. The van der Waals surface area contributed by atoms with Crippen LogP contribution in [0.15, 0.2) is 18.2 Å². The number of nitrogens with one attached hydrogen (secondary N) is 1. The Morgan fingerprint density at radius 2 is 1.96 bits per heavy atom. The summed E-state index contributed by atoms with van der Waals surface area (Å²) in [5, 5.41) is 7.40. The van der Waals surface area contributed by atoms with Gasteiger partial charge in [0.25, 0.3) is 0 Å². The lowest BCUT2D eigenvalue weighted by atomic mass is 9.87. The summed E-state index contributed by atoms with van der Waals surface area (Å²) < 4.78 is 7.25. The van der Waals surface area contributed by atoms with E-state index in [4.69, 9.17) is 4.74 Å². The van der Waals surface area contributed by atoms with Gasteiger partial charge in [0.05, 0.1) is 18.5 Å². The number of anilines is 1. The zero-order valence-corrected chi connectivity index (χ0v) is 16.4. The molecule has 0 aliphatic heterocycles. The summed E-state index contributed by atoms with van der Waals surface area (Å²) in [4.78, 5) is 12.5. The first-order valence-electron chi connectivity index (χ1n) is 8.61. The third kappa shape index (κ3) is 4.41. The van der Waals surface area contributed by atoms with Crippen molar-refractivity contribution >= 4 is 11.6 Å². The van der Waals surface area contributed by atoms with Gasteiger partial charge in [0.15, 0.2) is 0 Å². The molecule has 1 heterocycles. The molecule has 0 bridgehead atoms. The summed E-state index contributed by atoms with van der Waals surface area (Å²) >= 11 is 0. The van der Waals surface area contributed by atoms with Crippen LogP contribution in [0.25, 0.3) is 0 Å². The van der Waals surface area contributed by atoms with Crippen molar-refractivity contribution in [1.29, 1.82) is 0 Å². The van der Waals surface area contributed by atoms with Crippen LogP contribution in [0, 0.1) is 13.8 Å². The van der Waals surface area contributed by atoms with Crippen LogP contribution in [0.2, 0.25) is 0 Å². The molecule has 0 spiro atoms. The van der Waals surface area contributed by atoms with Crippen molar-refractivity contribution in [2.45, 2.75) is 52.9 Å². The summed E-state index contributed by atoms with van der Waals surface area (Å²) in [6.45, 7) is 10.5. The standard InChI is InChI=1S/C20H29N3O2/c1-13-16(14(2)23(6)22-13)9-11-19(24)21-17-12-15(20(3,4)5)8-10-18(17)25-7/h8,10,12H,9,11H2,1-7H3,(H,21,24). The highest BCUT2D eigenvalue weighted by Gasteiger charge is 2.17. The van der Waals surface area contributed by atoms with Gasteiger partial charge in [-0.15, -0.1) is 0 Å². The second-order valence-electron chi connectivity index (χ2n) is 7.49. The molecule has 5 nitrogen and oxygen atoms in total. The van der Waals surface area contributed by atoms with Crippen LogP contribution in [-0.4, -0.2) is 22.8 Å². The Bertz CT molecular complexity index is 770. The maximum atomic E-state index is 12.5. The fourth-order valence-corrected chi connectivity index (χ4v) is 2.90. The minimum absolute atomic E-state index is 0.00960. The highest BCUT2D eigenvalue weighted by atomic mass is 16.5. The largest absolute Gasteiger partial charge is 0.495 e. The predicted molar refractivity (Wildman–Crippen MR) is 101 cm³/mol. The minimum Gasteiger partial charge on any atom is -0.495 e. The number of carbonyl (C=O) groups excluding carboxylic acids is 1. The van der Waals surface area contributed by atoms with Gasteiger partial charge in [-0.05, 0) is 48.9 Å². The van der Waals surface area contributed by atoms with Crippen molar-refractivity contribution in [3.8, 4) is 5.75 Å². The van der Waals surface area contributed by atoms with Crippen molar-refractivity contribution in [3.63, 3.8) is 0 Å². The molecular formula is C20H29N3O2. The van der Waals surface area contributed by atoms with E-state index in [0.29, 0.717) is 18.6 Å². The normalized spacial score (nSPS) is 11.5. The van der Waals surface area contributed by atoms with Crippen LogP contribution < -0.4 is 10.1 Å². The lowest BCUT2D eigenvalue weighted by molar-refractivity contribution is -0.116. The van der Waals surface area contributed by atoms with Crippen molar-refractivity contribution in [1.82, 2.24) is 9.78 Å². The summed E-state index contributed by atoms with van der Waals surface area (Å²) in [5.41, 5.74) is 5.13. The van der Waals surface area contributed by atoms with E-state index in [1.165, 1.54) is 0 Å². The van der Waals surface area contributed by atoms with E-state index >= 15 is 0 Å². The summed E-state index contributed by atoms with van der Waals surface area (Å²) in [7, 11) is 3.54. The fraction of sp³-hybridized carbons (Fsp3) is 0.500. The Hall–Kier alpha value is -2.30. The van der Waals surface area contributed by atoms with E-state index in [1.807, 2.05) is 43.8 Å². The number of aromatic nitrogens is 2. The molecule has 1 aromatic heterocycles. The molecule has 0 saturated heterocycles. The van der Waals surface area contributed by atoms with Gasteiger partial charge < -0.3 is 10.1 Å². The number of nitrogens with zero attached hydrogens (tertiary/aromatic N) is 2. The summed E-state index contributed by atoms with van der Waals surface area (Å²) in [6, 6.07) is 5.94. The Balaban J connectivity index is 2.12. The van der Waals surface area contributed by atoms with E-state index in [0.717, 1.165) is 28.2 Å². The van der Waals surface area contributed by atoms with Gasteiger partial charge in [-0.25, -0.2) is 0 Å². The zero-order chi connectivity index (χ0) is 18.8. The van der Waals surface area contributed by atoms with Gasteiger partial charge in [-0.2, -0.15) is 5.10 Å². The molecule has 0 aliphatic rings. The highest BCUT2D eigenvalue weighted by molar-refractivity contribution is 5.92. The van der Waals surface area contributed by atoms with E-state index in [9.17, 15) is 4.79 Å². The van der Waals surface area contributed by atoms with E-state index in [-0.39, 0.29) is 11.3 Å². The van der Waals surface area contributed by atoms with Crippen LogP contribution >= 0.6 is 0 Å². The van der Waals surface area contributed by atoms with Gasteiger partial charge in [0.2, 0.25) is 5.91 Å². The lowest BCUT2D eigenvalue weighted by Crippen LogP contribution is -2.16. The molecule has 0 atom stereocenters. The molecule has 0 radical (unpaired) electrons. The van der Waals surface area contributed by atoms with Gasteiger partial charge in [0, 0.05) is 19.2 Å². The number of amides is 1. The molecule has 1 amide bonds. The van der Waals surface area contributed by atoms with E-state index in [2.05, 4.69) is 31.2 Å². The third-order valence-corrected chi connectivity index (χ3v) is 4.60. The monoisotopic (exact) mass is 343 g/mol. The Labute approximate surface area is 150 Å². The SMILES string of the molecule is COc1ccc(C(C)(C)C)cc1NC(=O)CCc1c(C)nn(C)c1C. The fourth-order valence-electron chi connectivity index (χ4n) is 2.90. The summed E-state index contributed by atoms with van der Waals surface area (Å²) in [6.07, 6.45) is 1.09. The second kappa shape index (κ2) is 7.30. The number of ether oxygens (including phenoxy) is 1. The van der Waals surface area contributed by atoms with Crippen molar-refractivity contribution in [2.24, 2.45) is 7.05 Å². The van der Waals surface area contributed by atoms with Gasteiger partial charge >= 0.3 is 0 Å². The van der Waals surface area contributed by atoms with E-state index < -0.39 is 0 Å². The molecule has 2 aromatic rings. The van der Waals surface area contributed by atoms with Crippen LogP contribution in [0.3, 0.4) is 0 Å². The number of rotatable bonds is 5. The average Bonchev–Trinajstić information content (AvgIpc) is 2.77. The molecule has 136 valence electrons. The molecule has 0 fully saturated rings. The smallest absolute Gasteiger partial charge is 0.224 e. The first kappa shape index (κ1) is 19.0. The van der Waals surface area contributed by atoms with Gasteiger partial charge in [-0.1, -0.05) is 26.8 Å². The quantitative estimate of drug-likeness (QED) is 0.895. The molecule has 1 N–H and O–H groups in total. The molecule has 1 aromatic carbocycles. The molecule has 0 saturated carbocycles. The Morgan fingerprint density at radius 3 is 2.48 bits per heavy atom. The van der Waals surface area contributed by atoms with Gasteiger partial charge in [0.1, 0.15) is 5.75 Å². The maximum Gasteiger partial charge on any atom is 0.224 e. The molecular weight excluding hydrogens is 314 g/mol. The predicted octanol–water partition coefficient (Wildman–Crippen LogP) is 3.91. The highest BCUT2D eigenvalue weighted by Crippen LogP contribution is 2.31. The number of hydrogen-bond acceptors (Lipinski definition) is 3. The molecule has 25 heavy (non-hydrogen) atoms. The maximum absolute atomic E-state index is 12.5. The van der Waals surface area contributed by atoms with Crippen LogP contribution in [0.1, 0.15) is 49.7 Å². The van der Waals surface area contributed by atoms with Crippen molar-refractivity contribution in [2.75, 3.05) is 12.4 Å². The number of benzene rings is 1. The number of methoxy groups -OCH3 is 1. The van der Waals surface area contributed by atoms with Crippen molar-refractivity contribution < 1.29 is 9.53 Å². The zero-order valence-electron chi connectivity index (χ0n) is 16.4. The van der Waals surface area contributed by atoms with Crippen LogP contribution in [0.5, 0.6) is 5.75 Å². The van der Waals surface area contributed by atoms with Crippen molar-refractivity contribution in [3.05, 3.63) is 40.7 Å². The lowest BCUT2D eigenvalue weighted by Gasteiger charge is -2.21. The average molecular weight is 343 g/mol. The Morgan fingerprint density at radius 1 is 1.28 bits per heavy atom. The number of carbonyl (C=O) groups is 1. The van der Waals surface area contributed by atoms with Crippen LogP contribution in [-0.2, 0) is 23.7 Å². The van der Waals surface area contributed by atoms with E-state index in [1.54, 1.807) is 7.11 Å².